The van der Waals surface area contributed by atoms with E-state index >= 15 is 0 Å². The molecule has 0 bridgehead atoms. The second-order valence-electron chi connectivity index (χ2n) is 19.6. The van der Waals surface area contributed by atoms with E-state index in [0.717, 1.165) is 70.6 Å². The first-order valence-corrected chi connectivity index (χ1v) is 29.0. The molecule has 0 aliphatic carbocycles. The molecule has 0 saturated heterocycles. The van der Waals surface area contributed by atoms with Gasteiger partial charge < -0.3 is 14.2 Å². The van der Waals surface area contributed by atoms with Crippen molar-refractivity contribution in [2.45, 2.75) is 316 Å². The van der Waals surface area contributed by atoms with Gasteiger partial charge in [-0.2, -0.15) is 0 Å². The summed E-state index contributed by atoms with van der Waals surface area (Å²) in [6.07, 6.45) is 65.5. The van der Waals surface area contributed by atoms with Gasteiger partial charge in [0.05, 0.1) is 0 Å². The van der Waals surface area contributed by atoms with Crippen LogP contribution in [0.3, 0.4) is 0 Å². The van der Waals surface area contributed by atoms with Gasteiger partial charge in [-0.3, -0.25) is 14.4 Å². The summed E-state index contributed by atoms with van der Waals surface area (Å²) in [5, 5.41) is 0. The van der Waals surface area contributed by atoms with E-state index in [1.807, 2.05) is 0 Å². The second-order valence-corrected chi connectivity index (χ2v) is 19.6. The first-order valence-electron chi connectivity index (χ1n) is 29.0. The summed E-state index contributed by atoms with van der Waals surface area (Å²) in [5.41, 5.74) is 0. The lowest BCUT2D eigenvalue weighted by molar-refractivity contribution is -0.167. The summed E-state index contributed by atoms with van der Waals surface area (Å²) in [7, 11) is 0. The molecular weight excluding hydrogens is 817 g/mol. The molecule has 0 saturated carbocycles. The fourth-order valence-corrected chi connectivity index (χ4v) is 8.47. The predicted octanol–water partition coefficient (Wildman–Crippen LogP) is 19.3. The fraction of sp³-hybridized carbons (Fsp3) is 0.850. The van der Waals surface area contributed by atoms with E-state index in [2.05, 4.69) is 57.2 Å². The topological polar surface area (TPSA) is 78.9 Å². The molecule has 0 aromatic heterocycles. The molecule has 0 aromatic rings. The summed E-state index contributed by atoms with van der Waals surface area (Å²) in [5.74, 6) is -0.867. The highest BCUT2D eigenvalue weighted by Gasteiger charge is 2.19. The average molecular weight is 928 g/mol. The van der Waals surface area contributed by atoms with Crippen LogP contribution in [0.15, 0.2) is 36.5 Å². The summed E-state index contributed by atoms with van der Waals surface area (Å²) in [6.45, 7) is 6.63. The van der Waals surface area contributed by atoms with Crippen LogP contribution in [0, 0.1) is 0 Å². The summed E-state index contributed by atoms with van der Waals surface area (Å²) < 4.78 is 16.9. The Balaban J connectivity index is 4.36. The normalized spacial score (nSPS) is 12.2. The molecule has 0 fully saturated rings. The van der Waals surface area contributed by atoms with E-state index < -0.39 is 6.10 Å². The molecule has 6 nitrogen and oxygen atoms in total. The quantitative estimate of drug-likeness (QED) is 0.0262. The Morgan fingerprint density at radius 2 is 0.545 bits per heavy atom. The zero-order valence-electron chi connectivity index (χ0n) is 44.2. The minimum Gasteiger partial charge on any atom is -0.462 e. The number of esters is 3. The molecule has 0 radical (unpaired) electrons. The molecule has 1 unspecified atom stereocenters. The Labute approximate surface area is 410 Å². The molecule has 0 amide bonds. The third-order valence-electron chi connectivity index (χ3n) is 12.9. The molecule has 0 N–H and O–H groups in total. The number of rotatable bonds is 53. The molecule has 6 heteroatoms. The van der Waals surface area contributed by atoms with Crippen LogP contribution >= 0.6 is 0 Å². The van der Waals surface area contributed by atoms with Crippen LogP contribution in [0.1, 0.15) is 310 Å². The Morgan fingerprint density at radius 3 is 0.894 bits per heavy atom. The SMILES string of the molecule is CCCCC/C=C\C/C=C\CCCCCCCCCC(=O)OCC(COC(=O)CCCCCCCCC/C=C\CCCCCC)OC(=O)CCCCCCCCCCCCCCCCCC. The van der Waals surface area contributed by atoms with Crippen LogP contribution in [0.5, 0.6) is 0 Å². The number of hydrogen-bond donors (Lipinski definition) is 0. The maximum Gasteiger partial charge on any atom is 0.306 e. The van der Waals surface area contributed by atoms with Crippen molar-refractivity contribution in [1.29, 1.82) is 0 Å². The summed E-state index contributed by atoms with van der Waals surface area (Å²) in [4.78, 5) is 38.2. The monoisotopic (exact) mass is 927 g/mol. The van der Waals surface area contributed by atoms with Crippen molar-refractivity contribution in [2.24, 2.45) is 0 Å². The molecule has 1 atom stereocenters. The van der Waals surface area contributed by atoms with Crippen LogP contribution in [-0.4, -0.2) is 37.2 Å². The number of carbonyl (C=O) groups is 3. The second kappa shape index (κ2) is 55.2. The third kappa shape index (κ3) is 52.6. The number of allylic oxidation sites excluding steroid dienone is 6. The van der Waals surface area contributed by atoms with Gasteiger partial charge in [0.2, 0.25) is 0 Å². The molecule has 0 aliphatic rings. The maximum atomic E-state index is 12.9. The van der Waals surface area contributed by atoms with Crippen LogP contribution < -0.4 is 0 Å². The fourth-order valence-electron chi connectivity index (χ4n) is 8.47. The van der Waals surface area contributed by atoms with Crippen molar-refractivity contribution in [3.05, 3.63) is 36.5 Å². The standard InChI is InChI=1S/C60H110O6/c1-4-7-10-13-16-19-22-25-28-30-33-35-38-41-44-47-50-53-59(62)65-56-57(55-64-58(61)52-49-46-43-40-37-34-31-27-24-21-18-15-12-9-6-3)66-60(63)54-51-48-45-42-39-36-32-29-26-23-20-17-14-11-8-5-2/h16,19,21,24-25,28,57H,4-15,17-18,20,22-23,26-27,29-56H2,1-3H3/b19-16-,24-21-,28-25-. The minimum absolute atomic E-state index is 0.0734. The molecular formula is C60H110O6. The van der Waals surface area contributed by atoms with Gasteiger partial charge in [0.1, 0.15) is 13.2 Å². The van der Waals surface area contributed by atoms with Gasteiger partial charge in [0.25, 0.3) is 0 Å². The number of ether oxygens (including phenoxy) is 3. The highest BCUT2D eigenvalue weighted by Crippen LogP contribution is 2.16. The number of carbonyl (C=O) groups excluding carboxylic acids is 3. The minimum atomic E-state index is -0.774. The zero-order chi connectivity index (χ0) is 47.9. The predicted molar refractivity (Wildman–Crippen MR) is 284 cm³/mol. The highest BCUT2D eigenvalue weighted by atomic mass is 16.6. The molecule has 0 rings (SSSR count). The number of unbranched alkanes of at least 4 members (excludes halogenated alkanes) is 36. The molecule has 0 aromatic carbocycles. The van der Waals surface area contributed by atoms with Gasteiger partial charge in [0, 0.05) is 19.3 Å². The lowest BCUT2D eigenvalue weighted by Gasteiger charge is -2.18. The van der Waals surface area contributed by atoms with Gasteiger partial charge in [-0.25, -0.2) is 0 Å². The molecule has 0 spiro atoms. The molecule has 0 heterocycles. The lowest BCUT2D eigenvalue weighted by atomic mass is 10.0. The van der Waals surface area contributed by atoms with Crippen molar-refractivity contribution < 1.29 is 28.6 Å². The number of hydrogen-bond acceptors (Lipinski definition) is 6. The Hall–Kier alpha value is -2.37. The highest BCUT2D eigenvalue weighted by molar-refractivity contribution is 5.71. The average Bonchev–Trinajstić information content (AvgIpc) is 3.31. The van der Waals surface area contributed by atoms with Crippen LogP contribution in [0.2, 0.25) is 0 Å². The van der Waals surface area contributed by atoms with Crippen LogP contribution in [-0.2, 0) is 28.6 Å². The smallest absolute Gasteiger partial charge is 0.306 e. The largest absolute Gasteiger partial charge is 0.462 e. The van der Waals surface area contributed by atoms with E-state index in [-0.39, 0.29) is 31.1 Å². The van der Waals surface area contributed by atoms with Crippen molar-refractivity contribution in [2.75, 3.05) is 13.2 Å². The first kappa shape index (κ1) is 63.6. The zero-order valence-corrected chi connectivity index (χ0v) is 44.2. The van der Waals surface area contributed by atoms with E-state index in [0.29, 0.717) is 19.3 Å². The lowest BCUT2D eigenvalue weighted by Crippen LogP contribution is -2.30. The van der Waals surface area contributed by atoms with Crippen LogP contribution in [0.4, 0.5) is 0 Å². The van der Waals surface area contributed by atoms with E-state index in [1.54, 1.807) is 0 Å². The summed E-state index contributed by atoms with van der Waals surface area (Å²) in [6, 6.07) is 0. The van der Waals surface area contributed by atoms with Crippen molar-refractivity contribution in [1.82, 2.24) is 0 Å². The van der Waals surface area contributed by atoms with E-state index in [1.165, 1.54) is 199 Å². The van der Waals surface area contributed by atoms with Gasteiger partial charge in [0.15, 0.2) is 6.10 Å². The van der Waals surface area contributed by atoms with Crippen molar-refractivity contribution >= 4 is 17.9 Å². The Kier molecular flexibility index (Phi) is 53.2. The Morgan fingerprint density at radius 1 is 0.303 bits per heavy atom. The Bertz CT molecular complexity index is 1110. The van der Waals surface area contributed by atoms with E-state index in [4.69, 9.17) is 14.2 Å². The third-order valence-corrected chi connectivity index (χ3v) is 12.9. The molecule has 0 aliphatic heterocycles. The van der Waals surface area contributed by atoms with Crippen molar-refractivity contribution in [3.8, 4) is 0 Å². The van der Waals surface area contributed by atoms with Gasteiger partial charge in [-0.05, 0) is 77.0 Å². The van der Waals surface area contributed by atoms with Crippen LogP contribution in [0.25, 0.3) is 0 Å². The van der Waals surface area contributed by atoms with Crippen molar-refractivity contribution in [3.63, 3.8) is 0 Å². The first-order chi connectivity index (χ1) is 32.5. The van der Waals surface area contributed by atoms with Gasteiger partial charge in [-0.1, -0.05) is 250 Å². The van der Waals surface area contributed by atoms with Gasteiger partial charge >= 0.3 is 17.9 Å². The van der Waals surface area contributed by atoms with Gasteiger partial charge in [-0.15, -0.1) is 0 Å². The summed E-state index contributed by atoms with van der Waals surface area (Å²) >= 11 is 0. The van der Waals surface area contributed by atoms with E-state index in [9.17, 15) is 14.4 Å². The molecule has 66 heavy (non-hydrogen) atoms. The maximum absolute atomic E-state index is 12.9. The molecule has 386 valence electrons.